The summed E-state index contributed by atoms with van der Waals surface area (Å²) in [6.07, 6.45) is -2.02. The van der Waals surface area contributed by atoms with E-state index in [2.05, 4.69) is 9.72 Å². The average Bonchev–Trinajstić information content (AvgIpc) is 2.76. The van der Waals surface area contributed by atoms with E-state index in [-0.39, 0.29) is 5.75 Å². The summed E-state index contributed by atoms with van der Waals surface area (Å²) in [6, 6.07) is 4.05. The number of rotatable bonds is 1. The minimum absolute atomic E-state index is 0.272. The van der Waals surface area contributed by atoms with Crippen molar-refractivity contribution in [1.82, 2.24) is 4.98 Å². The molecule has 2 N–H and O–H groups in total. The molecule has 100 valence electrons. The number of nitrogens with two attached hydrogens (primary N) is 1. The number of benzene rings is 1. The minimum atomic E-state index is -4.70. The number of fused-ring (bicyclic) bond motifs is 2. The van der Waals surface area contributed by atoms with Crippen LogP contribution in [0.4, 0.5) is 18.9 Å². The zero-order chi connectivity index (χ0) is 13.6. The van der Waals surface area contributed by atoms with Crippen molar-refractivity contribution >= 4 is 16.6 Å². The predicted octanol–water partition coefficient (Wildman–Crippen LogP) is 3.20. The first-order valence-corrected chi connectivity index (χ1v) is 5.91. The van der Waals surface area contributed by atoms with Crippen LogP contribution in [-0.4, -0.2) is 11.3 Å². The molecule has 3 rings (SSSR count). The number of nitrogen functional groups attached to an aromatic ring is 1. The van der Waals surface area contributed by atoms with E-state index in [1.165, 1.54) is 18.2 Å². The van der Waals surface area contributed by atoms with Crippen molar-refractivity contribution in [3.05, 3.63) is 29.5 Å². The molecule has 0 saturated heterocycles. The molecule has 0 fully saturated rings. The molecule has 0 atom stereocenters. The van der Waals surface area contributed by atoms with Crippen molar-refractivity contribution < 1.29 is 17.9 Å². The maximum absolute atomic E-state index is 12.2. The van der Waals surface area contributed by atoms with Crippen LogP contribution in [0.25, 0.3) is 10.9 Å². The quantitative estimate of drug-likeness (QED) is 0.864. The number of nitrogens with zero attached hydrogens (tertiary/aromatic N) is 1. The highest BCUT2D eigenvalue weighted by atomic mass is 19.4. The molecule has 0 spiro atoms. The highest BCUT2D eigenvalue weighted by Gasteiger charge is 2.31. The Morgan fingerprint density at radius 2 is 2.00 bits per heavy atom. The van der Waals surface area contributed by atoms with Gasteiger partial charge in [-0.3, -0.25) is 4.98 Å². The Bertz CT molecular complexity index is 652. The number of aromatic nitrogens is 1. The van der Waals surface area contributed by atoms with E-state index in [0.717, 1.165) is 30.5 Å². The number of alkyl halides is 3. The van der Waals surface area contributed by atoms with E-state index >= 15 is 0 Å². The van der Waals surface area contributed by atoms with Gasteiger partial charge in [0, 0.05) is 16.8 Å². The zero-order valence-electron chi connectivity index (χ0n) is 9.92. The molecule has 0 bridgehead atoms. The van der Waals surface area contributed by atoms with Crippen LogP contribution in [0.3, 0.4) is 0 Å². The van der Waals surface area contributed by atoms with Gasteiger partial charge >= 0.3 is 6.36 Å². The third kappa shape index (κ3) is 2.18. The second-order valence-corrected chi connectivity index (χ2v) is 4.53. The second kappa shape index (κ2) is 4.01. The lowest BCUT2D eigenvalue weighted by molar-refractivity contribution is -0.274. The Labute approximate surface area is 107 Å². The minimum Gasteiger partial charge on any atom is -0.406 e. The predicted molar refractivity (Wildman–Crippen MR) is 64.9 cm³/mol. The number of aryl methyl sites for hydroxylation is 1. The number of hydrogen-bond acceptors (Lipinski definition) is 3. The Hall–Kier alpha value is -1.98. The molecule has 19 heavy (non-hydrogen) atoms. The fourth-order valence-corrected chi connectivity index (χ4v) is 2.47. The SMILES string of the molecule is Nc1c2c(nc3ccc(OC(F)(F)F)cc13)CCC2. The molecule has 0 amide bonds. The van der Waals surface area contributed by atoms with Crippen LogP contribution in [0.2, 0.25) is 0 Å². The molecule has 0 saturated carbocycles. The summed E-state index contributed by atoms with van der Waals surface area (Å²) >= 11 is 0. The van der Waals surface area contributed by atoms with E-state index in [9.17, 15) is 13.2 Å². The normalized spacial score (nSPS) is 14.7. The lowest BCUT2D eigenvalue weighted by Gasteiger charge is -2.12. The van der Waals surface area contributed by atoms with Crippen molar-refractivity contribution in [3.8, 4) is 5.75 Å². The van der Waals surface area contributed by atoms with Gasteiger partial charge in [0.05, 0.1) is 5.52 Å². The molecule has 0 unspecified atom stereocenters. The lowest BCUT2D eigenvalue weighted by atomic mass is 10.1. The van der Waals surface area contributed by atoms with Gasteiger partial charge in [-0.2, -0.15) is 0 Å². The Kier molecular flexibility index (Phi) is 2.55. The standard InChI is InChI=1S/C13H11F3N2O/c14-13(15,16)19-7-4-5-11-9(6-7)12(17)8-2-1-3-10(8)18-11/h4-6H,1-3H2,(H2,17,18). The van der Waals surface area contributed by atoms with E-state index < -0.39 is 6.36 Å². The summed E-state index contributed by atoms with van der Waals surface area (Å²) < 4.78 is 40.5. The first-order chi connectivity index (χ1) is 8.94. The molecule has 1 aliphatic rings. The maximum atomic E-state index is 12.2. The summed E-state index contributed by atoms with van der Waals surface area (Å²) in [6.45, 7) is 0. The summed E-state index contributed by atoms with van der Waals surface area (Å²) in [4.78, 5) is 4.44. The fraction of sp³-hybridized carbons (Fsp3) is 0.308. The van der Waals surface area contributed by atoms with E-state index in [4.69, 9.17) is 5.73 Å². The fourth-order valence-electron chi connectivity index (χ4n) is 2.47. The van der Waals surface area contributed by atoms with Crippen LogP contribution < -0.4 is 10.5 Å². The maximum Gasteiger partial charge on any atom is 0.573 e. The topological polar surface area (TPSA) is 48.1 Å². The molecule has 1 heterocycles. The van der Waals surface area contributed by atoms with Gasteiger partial charge in [-0.05, 0) is 43.0 Å². The van der Waals surface area contributed by atoms with Crippen LogP contribution in [0.1, 0.15) is 17.7 Å². The smallest absolute Gasteiger partial charge is 0.406 e. The van der Waals surface area contributed by atoms with Gasteiger partial charge < -0.3 is 10.5 Å². The van der Waals surface area contributed by atoms with Crippen LogP contribution in [0.15, 0.2) is 18.2 Å². The third-order valence-corrected chi connectivity index (χ3v) is 3.26. The molecule has 6 heteroatoms. The van der Waals surface area contributed by atoms with Crippen molar-refractivity contribution in [2.45, 2.75) is 25.6 Å². The van der Waals surface area contributed by atoms with Gasteiger partial charge in [-0.15, -0.1) is 13.2 Å². The molecule has 0 radical (unpaired) electrons. The molecular formula is C13H11F3N2O. The highest BCUT2D eigenvalue weighted by Crippen LogP contribution is 2.34. The summed E-state index contributed by atoms with van der Waals surface area (Å²) in [5.41, 5.74) is 9.06. The van der Waals surface area contributed by atoms with Crippen molar-refractivity contribution in [3.63, 3.8) is 0 Å². The van der Waals surface area contributed by atoms with E-state index in [1.807, 2.05) is 0 Å². The molecule has 1 aliphatic carbocycles. The molecular weight excluding hydrogens is 257 g/mol. The van der Waals surface area contributed by atoms with Gasteiger partial charge in [0.25, 0.3) is 0 Å². The van der Waals surface area contributed by atoms with Crippen molar-refractivity contribution in [1.29, 1.82) is 0 Å². The third-order valence-electron chi connectivity index (χ3n) is 3.26. The van der Waals surface area contributed by atoms with Crippen LogP contribution in [-0.2, 0) is 12.8 Å². The number of anilines is 1. The summed E-state index contributed by atoms with van der Waals surface area (Å²) in [5, 5.41) is 0.516. The highest BCUT2D eigenvalue weighted by molar-refractivity contribution is 5.93. The Morgan fingerprint density at radius 3 is 2.74 bits per heavy atom. The average molecular weight is 268 g/mol. The molecule has 2 aromatic rings. The molecule has 0 aliphatic heterocycles. The lowest BCUT2D eigenvalue weighted by Crippen LogP contribution is -2.17. The van der Waals surface area contributed by atoms with Crippen LogP contribution in [0, 0.1) is 0 Å². The van der Waals surface area contributed by atoms with E-state index in [0.29, 0.717) is 16.6 Å². The number of halogens is 3. The van der Waals surface area contributed by atoms with Gasteiger partial charge in [-0.1, -0.05) is 0 Å². The van der Waals surface area contributed by atoms with Crippen LogP contribution in [0.5, 0.6) is 5.75 Å². The molecule has 3 nitrogen and oxygen atoms in total. The van der Waals surface area contributed by atoms with Crippen molar-refractivity contribution in [2.75, 3.05) is 5.73 Å². The summed E-state index contributed by atoms with van der Waals surface area (Å²) in [5.74, 6) is -0.272. The number of pyridine rings is 1. The van der Waals surface area contributed by atoms with Gasteiger partial charge in [0.2, 0.25) is 0 Å². The second-order valence-electron chi connectivity index (χ2n) is 4.53. The largest absolute Gasteiger partial charge is 0.573 e. The van der Waals surface area contributed by atoms with Gasteiger partial charge in [0.1, 0.15) is 5.75 Å². The first kappa shape index (κ1) is 12.1. The zero-order valence-corrected chi connectivity index (χ0v) is 9.92. The monoisotopic (exact) mass is 268 g/mol. The first-order valence-electron chi connectivity index (χ1n) is 5.91. The van der Waals surface area contributed by atoms with E-state index in [1.54, 1.807) is 0 Å². The van der Waals surface area contributed by atoms with Gasteiger partial charge in [-0.25, -0.2) is 0 Å². The number of hydrogen-bond donors (Lipinski definition) is 1. The Morgan fingerprint density at radius 1 is 1.21 bits per heavy atom. The van der Waals surface area contributed by atoms with Crippen LogP contribution >= 0.6 is 0 Å². The molecule has 1 aromatic carbocycles. The van der Waals surface area contributed by atoms with Gasteiger partial charge in [0.15, 0.2) is 0 Å². The number of ether oxygens (including phenoxy) is 1. The Balaban J connectivity index is 2.13. The molecule has 1 aromatic heterocycles. The summed E-state index contributed by atoms with van der Waals surface area (Å²) in [7, 11) is 0. The van der Waals surface area contributed by atoms with Crippen molar-refractivity contribution in [2.24, 2.45) is 0 Å².